The second-order valence-corrected chi connectivity index (χ2v) is 10.00. The van der Waals surface area contributed by atoms with Gasteiger partial charge in [0.1, 0.15) is 22.4 Å². The van der Waals surface area contributed by atoms with Crippen LogP contribution in [-0.2, 0) is 17.6 Å². The Labute approximate surface area is 203 Å². The van der Waals surface area contributed by atoms with Crippen LogP contribution in [0.3, 0.4) is 0 Å². The number of rotatable bonds is 4. The average molecular weight is 479 g/mol. The Balaban J connectivity index is 1.45. The van der Waals surface area contributed by atoms with E-state index in [0.29, 0.717) is 21.9 Å². The summed E-state index contributed by atoms with van der Waals surface area (Å²) in [5.74, 6) is 0.120. The van der Waals surface area contributed by atoms with E-state index in [2.05, 4.69) is 11.4 Å². The largest absolute Gasteiger partial charge is 0.484 e. The Morgan fingerprint density at radius 3 is 2.53 bits per heavy atom. The van der Waals surface area contributed by atoms with E-state index in [1.165, 1.54) is 60.8 Å². The molecule has 0 spiro atoms. The van der Waals surface area contributed by atoms with Crippen molar-refractivity contribution in [3.63, 3.8) is 0 Å². The average Bonchev–Trinajstić information content (AvgIpc) is 3.12. The number of nitriles is 1. The fraction of sp³-hybridized carbons (Fsp3) is 0.444. The number of ether oxygens (including phenoxy) is 1. The molecule has 0 atom stereocenters. The van der Waals surface area contributed by atoms with Crippen LogP contribution in [0, 0.1) is 18.3 Å². The molecule has 1 aliphatic carbocycles. The van der Waals surface area contributed by atoms with Gasteiger partial charge in [0.05, 0.1) is 5.56 Å². The highest BCUT2D eigenvalue weighted by molar-refractivity contribution is 7.16. The zero-order valence-electron chi connectivity index (χ0n) is 19.6. The number of benzene rings is 1. The molecule has 2 aromatic heterocycles. The number of carbonyl (C=O) groups excluding carboxylic acids is 1. The van der Waals surface area contributed by atoms with Crippen molar-refractivity contribution in [1.29, 1.82) is 5.26 Å². The lowest BCUT2D eigenvalue weighted by atomic mass is 9.98. The summed E-state index contributed by atoms with van der Waals surface area (Å²) in [5, 5.41) is 14.2. The smallest absolute Gasteiger partial charge is 0.336 e. The van der Waals surface area contributed by atoms with Gasteiger partial charge in [-0.25, -0.2) is 4.79 Å². The lowest BCUT2D eigenvalue weighted by Crippen LogP contribution is -2.20. The van der Waals surface area contributed by atoms with Gasteiger partial charge in [-0.15, -0.1) is 11.3 Å². The third-order valence-electron chi connectivity index (χ3n) is 6.33. The molecule has 1 N–H and O–H groups in total. The summed E-state index contributed by atoms with van der Waals surface area (Å²) < 4.78 is 10.9. The monoisotopic (exact) mass is 478 g/mol. The van der Waals surface area contributed by atoms with Gasteiger partial charge in [0.2, 0.25) is 0 Å². The topological polar surface area (TPSA) is 92.3 Å². The summed E-state index contributed by atoms with van der Waals surface area (Å²) in [6.45, 7) is 1.65. The van der Waals surface area contributed by atoms with Crippen molar-refractivity contribution in [3.8, 4) is 11.8 Å². The number of hydrogen-bond acceptors (Lipinski definition) is 6. The molecule has 4 rings (SSSR count). The quantitative estimate of drug-likeness (QED) is 0.446. The van der Waals surface area contributed by atoms with Crippen molar-refractivity contribution < 1.29 is 13.9 Å². The minimum absolute atomic E-state index is 0.199. The number of nitrogens with one attached hydrogen (secondary N) is 1. The highest BCUT2D eigenvalue weighted by atomic mass is 32.1. The van der Waals surface area contributed by atoms with Crippen LogP contribution in [-0.4, -0.2) is 12.5 Å². The van der Waals surface area contributed by atoms with Crippen LogP contribution >= 0.6 is 11.3 Å². The summed E-state index contributed by atoms with van der Waals surface area (Å²) >= 11 is 1.53. The first-order valence-electron chi connectivity index (χ1n) is 12.1. The minimum Gasteiger partial charge on any atom is -0.484 e. The molecule has 0 saturated carbocycles. The van der Waals surface area contributed by atoms with E-state index < -0.39 is 5.63 Å². The number of nitrogens with zero attached hydrogens (tertiary/aromatic N) is 1. The number of fused-ring (bicyclic) bond motifs is 2. The van der Waals surface area contributed by atoms with Gasteiger partial charge in [0, 0.05) is 22.4 Å². The summed E-state index contributed by atoms with van der Waals surface area (Å²) in [4.78, 5) is 25.5. The maximum Gasteiger partial charge on any atom is 0.336 e. The molecule has 1 aromatic carbocycles. The Kier molecular flexibility index (Phi) is 8.02. The molecule has 34 heavy (non-hydrogen) atoms. The first kappa shape index (κ1) is 24.0. The van der Waals surface area contributed by atoms with Crippen molar-refractivity contribution >= 4 is 33.2 Å². The van der Waals surface area contributed by atoms with Crippen LogP contribution in [0.1, 0.15) is 72.9 Å². The van der Waals surface area contributed by atoms with Gasteiger partial charge in [-0.05, 0) is 55.9 Å². The molecule has 0 saturated heterocycles. The number of anilines is 1. The molecule has 0 radical (unpaired) electrons. The molecule has 178 valence electrons. The molecule has 3 aromatic rings. The molecule has 0 aliphatic heterocycles. The molecule has 0 fully saturated rings. The second kappa shape index (κ2) is 11.3. The highest BCUT2D eigenvalue weighted by Crippen LogP contribution is 2.36. The van der Waals surface area contributed by atoms with Crippen LogP contribution in [0.2, 0.25) is 0 Å². The van der Waals surface area contributed by atoms with E-state index >= 15 is 0 Å². The number of carbonyl (C=O) groups is 1. The van der Waals surface area contributed by atoms with E-state index in [-0.39, 0.29) is 12.5 Å². The standard InChI is InChI=1S/C27H30N2O4S/c1-18-14-26(31)33-23-15-19(12-13-20(18)23)32-17-25(30)29-27-22(16-28)21-10-8-6-4-2-3-5-7-9-11-24(21)34-27/h12-15H,2-11,17H2,1H3,(H,29,30). The van der Waals surface area contributed by atoms with Crippen molar-refractivity contribution in [2.45, 2.75) is 71.1 Å². The molecule has 6 nitrogen and oxygen atoms in total. The molecule has 2 heterocycles. The number of aryl methyl sites for hydroxylation is 2. The summed E-state index contributed by atoms with van der Waals surface area (Å²) in [6.07, 6.45) is 11.6. The summed E-state index contributed by atoms with van der Waals surface area (Å²) in [7, 11) is 0. The fourth-order valence-electron chi connectivity index (χ4n) is 4.54. The van der Waals surface area contributed by atoms with Gasteiger partial charge >= 0.3 is 5.63 Å². The SMILES string of the molecule is Cc1cc(=O)oc2cc(OCC(=O)Nc3sc4c(c3C#N)CCCCCCCCCC4)ccc12. The Morgan fingerprint density at radius 2 is 1.79 bits per heavy atom. The molecular formula is C27H30N2O4S. The van der Waals surface area contributed by atoms with Crippen molar-refractivity contribution in [2.24, 2.45) is 0 Å². The zero-order valence-corrected chi connectivity index (χ0v) is 20.4. The Morgan fingerprint density at radius 1 is 1.09 bits per heavy atom. The molecule has 1 amide bonds. The molecular weight excluding hydrogens is 448 g/mol. The normalized spacial score (nSPS) is 14.9. The lowest BCUT2D eigenvalue weighted by Gasteiger charge is -2.08. The maximum absolute atomic E-state index is 12.7. The van der Waals surface area contributed by atoms with E-state index in [4.69, 9.17) is 9.15 Å². The van der Waals surface area contributed by atoms with Crippen LogP contribution in [0.25, 0.3) is 11.0 Å². The van der Waals surface area contributed by atoms with Gasteiger partial charge in [-0.3, -0.25) is 4.79 Å². The van der Waals surface area contributed by atoms with Gasteiger partial charge in [0.15, 0.2) is 6.61 Å². The second-order valence-electron chi connectivity index (χ2n) is 8.89. The Hall–Kier alpha value is -3.11. The summed E-state index contributed by atoms with van der Waals surface area (Å²) in [5.41, 5.74) is 2.55. The first-order valence-corrected chi connectivity index (χ1v) is 12.9. The fourth-order valence-corrected chi connectivity index (χ4v) is 5.80. The zero-order chi connectivity index (χ0) is 23.9. The number of amides is 1. The van der Waals surface area contributed by atoms with E-state index in [1.54, 1.807) is 12.1 Å². The van der Waals surface area contributed by atoms with Gasteiger partial charge in [-0.1, -0.05) is 38.5 Å². The maximum atomic E-state index is 12.7. The Bertz CT molecular complexity index is 1270. The molecule has 0 unspecified atom stereocenters. The van der Waals surface area contributed by atoms with Crippen molar-refractivity contribution in [1.82, 2.24) is 0 Å². The lowest BCUT2D eigenvalue weighted by molar-refractivity contribution is -0.118. The van der Waals surface area contributed by atoms with Crippen LogP contribution in [0.15, 0.2) is 33.5 Å². The van der Waals surface area contributed by atoms with E-state index in [0.717, 1.165) is 42.2 Å². The number of hydrogen-bond donors (Lipinski definition) is 1. The molecule has 0 bridgehead atoms. The predicted octanol–water partition coefficient (Wildman–Crippen LogP) is 6.27. The highest BCUT2D eigenvalue weighted by Gasteiger charge is 2.20. The first-order chi connectivity index (χ1) is 16.5. The molecule has 7 heteroatoms. The van der Waals surface area contributed by atoms with E-state index in [9.17, 15) is 14.9 Å². The van der Waals surface area contributed by atoms with Gasteiger partial charge in [-0.2, -0.15) is 5.26 Å². The predicted molar refractivity (Wildman–Crippen MR) is 135 cm³/mol. The minimum atomic E-state index is -0.421. The van der Waals surface area contributed by atoms with Crippen LogP contribution < -0.4 is 15.7 Å². The third-order valence-corrected chi connectivity index (χ3v) is 7.54. The van der Waals surface area contributed by atoms with Crippen LogP contribution in [0.4, 0.5) is 5.00 Å². The van der Waals surface area contributed by atoms with E-state index in [1.807, 2.05) is 13.0 Å². The molecule has 1 aliphatic rings. The van der Waals surface area contributed by atoms with Gasteiger partial charge in [0.25, 0.3) is 5.91 Å². The van der Waals surface area contributed by atoms with Crippen LogP contribution in [0.5, 0.6) is 5.75 Å². The summed E-state index contributed by atoms with van der Waals surface area (Å²) in [6, 6.07) is 8.96. The third kappa shape index (κ3) is 5.87. The number of thiophene rings is 1. The van der Waals surface area contributed by atoms with Gasteiger partial charge < -0.3 is 14.5 Å². The van der Waals surface area contributed by atoms with Crippen molar-refractivity contribution in [2.75, 3.05) is 11.9 Å². The van der Waals surface area contributed by atoms with Crippen molar-refractivity contribution in [3.05, 3.63) is 56.3 Å².